The van der Waals surface area contributed by atoms with Gasteiger partial charge in [-0.3, -0.25) is 52.9 Å². The number of amides is 8. The molecule has 26 nitrogen and oxygen atoms in total. The molecule has 0 radical (unpaired) electrons. The van der Waals surface area contributed by atoms with Crippen molar-refractivity contribution >= 4 is 71.1 Å². The predicted molar refractivity (Wildman–Crippen MR) is 218 cm³/mol. The van der Waals surface area contributed by atoms with Gasteiger partial charge < -0.3 is 74.4 Å². The quantitative estimate of drug-likeness (QED) is 0.0212. The second-order valence-electron chi connectivity index (χ2n) is 14.2. The van der Waals surface area contributed by atoms with Gasteiger partial charge in [0.1, 0.15) is 36.0 Å². The first kappa shape index (κ1) is 53.5. The van der Waals surface area contributed by atoms with Crippen molar-refractivity contribution in [2.45, 2.75) is 89.5 Å². The highest BCUT2D eigenvalue weighted by Gasteiger charge is 2.33. The van der Waals surface area contributed by atoms with E-state index in [2.05, 4.69) is 47.5 Å². The van der Waals surface area contributed by atoms with E-state index in [0.717, 1.165) is 0 Å². The van der Waals surface area contributed by atoms with Crippen LogP contribution in [0.3, 0.4) is 0 Å². The Hall–Kier alpha value is -7.54. The van der Waals surface area contributed by atoms with Gasteiger partial charge in [-0.15, -0.1) is 0 Å². The summed E-state index contributed by atoms with van der Waals surface area (Å²) in [5, 5.41) is 55.7. The van der Waals surface area contributed by atoms with Crippen molar-refractivity contribution in [1.29, 1.82) is 0 Å². The molecule has 5 atom stereocenters. The summed E-state index contributed by atoms with van der Waals surface area (Å²) in [4.78, 5) is 140. The molecule has 0 bridgehead atoms. The highest BCUT2D eigenvalue weighted by Crippen LogP contribution is 2.12. The molecule has 1 rings (SSSR count). The third-order valence-electron chi connectivity index (χ3n) is 8.50. The normalized spacial score (nSPS) is 13.0. The molecule has 0 saturated heterocycles. The number of guanidine groups is 1. The average Bonchev–Trinajstić information content (AvgIpc) is 3.19. The van der Waals surface area contributed by atoms with Crippen LogP contribution in [0.15, 0.2) is 29.3 Å². The minimum absolute atomic E-state index is 0.00725. The number of nitrogens with one attached hydrogen (secondary N) is 8. The van der Waals surface area contributed by atoms with Gasteiger partial charge in [-0.25, -0.2) is 4.79 Å². The Morgan fingerprint density at radius 2 is 1.14 bits per heavy atom. The number of hydrogen-bond donors (Lipinski definition) is 14. The van der Waals surface area contributed by atoms with Crippen LogP contribution in [0.5, 0.6) is 5.75 Å². The van der Waals surface area contributed by atoms with Gasteiger partial charge in [0, 0.05) is 26.3 Å². The summed E-state index contributed by atoms with van der Waals surface area (Å²) in [5.41, 5.74) is 11.3. The van der Waals surface area contributed by atoms with Crippen molar-refractivity contribution in [1.82, 2.24) is 42.5 Å². The molecule has 348 valence electrons. The standard InChI is InChI=1S/C37H55N11O15/c1-18(2)31(36(62)63)48-35(61)25(14-30(56)57)47-34(60)23(10-11-29(54)55)46-33(59)22(5-4-12-40-37(38)39)45-28(53)17-42-26(51)15-41-27(52)16-43-32(58)24(44-19(3)49)13-20-6-8-21(50)9-7-20/h6-9,18,22-25,31,50H,4-5,10-17H2,1-3H3,(H,41,52)(H,42,51)(H,43,58)(H,44,49)(H,45,53)(H,46,59)(H,47,60)(H,48,61)(H,54,55)(H,56,57)(H,62,63)(H4,38,39,40)/t22-,23-,24-,25-,31-/m0/s1. The molecule has 0 unspecified atom stereocenters. The number of benzene rings is 1. The number of aliphatic imine (C=N–C) groups is 1. The van der Waals surface area contributed by atoms with Gasteiger partial charge in [-0.2, -0.15) is 0 Å². The Labute approximate surface area is 360 Å². The number of carbonyl (C=O) groups excluding carboxylic acids is 8. The molecule has 26 heteroatoms. The van der Waals surface area contributed by atoms with Crippen LogP contribution in [-0.4, -0.2) is 148 Å². The number of carboxylic acids is 3. The summed E-state index contributed by atoms with van der Waals surface area (Å²) < 4.78 is 0. The lowest BCUT2D eigenvalue weighted by molar-refractivity contribution is -0.144. The fourth-order valence-corrected chi connectivity index (χ4v) is 5.35. The Morgan fingerprint density at radius 1 is 0.619 bits per heavy atom. The van der Waals surface area contributed by atoms with Crippen molar-refractivity contribution in [3.8, 4) is 5.75 Å². The lowest BCUT2D eigenvalue weighted by atomic mass is 10.0. The first-order chi connectivity index (χ1) is 29.5. The second kappa shape index (κ2) is 27.3. The number of carboxylic acid groups (broad SMARTS) is 3. The summed E-state index contributed by atoms with van der Waals surface area (Å²) in [5.74, 6) is -12.7. The fourth-order valence-electron chi connectivity index (χ4n) is 5.35. The Bertz CT molecular complexity index is 1850. The van der Waals surface area contributed by atoms with Crippen molar-refractivity contribution in [3.63, 3.8) is 0 Å². The lowest BCUT2D eigenvalue weighted by Crippen LogP contribution is -2.58. The first-order valence-corrected chi connectivity index (χ1v) is 19.3. The van der Waals surface area contributed by atoms with Gasteiger partial charge in [-0.1, -0.05) is 26.0 Å². The zero-order chi connectivity index (χ0) is 47.8. The molecule has 0 spiro atoms. The SMILES string of the molecule is CC(=O)N[C@@H](Cc1ccc(O)cc1)C(=O)NCC(=O)NCC(=O)NCC(=O)N[C@@H](CCCN=C(N)N)C(=O)N[C@@H](CCC(=O)O)C(=O)N[C@@H](CC(=O)O)C(=O)N[C@H](C(=O)O)C(C)C. The maximum absolute atomic E-state index is 13.5. The van der Waals surface area contributed by atoms with Gasteiger partial charge in [0.25, 0.3) is 0 Å². The van der Waals surface area contributed by atoms with Gasteiger partial charge >= 0.3 is 17.9 Å². The molecule has 0 aliphatic heterocycles. The van der Waals surface area contributed by atoms with E-state index < -0.39 is 140 Å². The van der Waals surface area contributed by atoms with Crippen molar-refractivity contribution in [3.05, 3.63) is 29.8 Å². The van der Waals surface area contributed by atoms with E-state index in [0.29, 0.717) is 5.56 Å². The summed E-state index contributed by atoms with van der Waals surface area (Å²) >= 11 is 0. The Kier molecular flexibility index (Phi) is 23.2. The zero-order valence-corrected chi connectivity index (χ0v) is 34.7. The van der Waals surface area contributed by atoms with Gasteiger partial charge in [0.15, 0.2) is 5.96 Å². The Morgan fingerprint density at radius 3 is 1.65 bits per heavy atom. The number of phenolic OH excluding ortho intramolecular Hbond substituents is 1. The van der Waals surface area contributed by atoms with Crippen LogP contribution in [0.25, 0.3) is 0 Å². The number of nitrogens with two attached hydrogens (primary N) is 2. The van der Waals surface area contributed by atoms with E-state index >= 15 is 0 Å². The van der Waals surface area contributed by atoms with Gasteiger partial charge in [0.05, 0.1) is 26.1 Å². The largest absolute Gasteiger partial charge is 0.508 e. The monoisotopic (exact) mass is 893 g/mol. The molecule has 63 heavy (non-hydrogen) atoms. The van der Waals surface area contributed by atoms with Crippen LogP contribution in [0, 0.1) is 5.92 Å². The summed E-state index contributed by atoms with van der Waals surface area (Å²) in [6.45, 7) is 2.07. The van der Waals surface area contributed by atoms with E-state index in [9.17, 15) is 73.2 Å². The molecule has 1 aromatic carbocycles. The van der Waals surface area contributed by atoms with Crippen LogP contribution in [0.4, 0.5) is 0 Å². The zero-order valence-electron chi connectivity index (χ0n) is 34.7. The number of rotatable bonds is 28. The van der Waals surface area contributed by atoms with E-state index in [1.54, 1.807) is 12.1 Å². The third-order valence-corrected chi connectivity index (χ3v) is 8.50. The summed E-state index contributed by atoms with van der Waals surface area (Å²) in [6.07, 6.45) is -2.43. The van der Waals surface area contributed by atoms with E-state index in [-0.39, 0.29) is 37.5 Å². The highest BCUT2D eigenvalue weighted by molar-refractivity contribution is 5.97. The Balaban J connectivity index is 2.98. The topological polar surface area (TPSA) is 429 Å². The van der Waals surface area contributed by atoms with E-state index in [4.69, 9.17) is 11.5 Å². The molecule has 0 aliphatic rings. The molecule has 0 heterocycles. The number of aromatic hydroxyl groups is 1. The smallest absolute Gasteiger partial charge is 0.326 e. The number of hydrogen-bond acceptors (Lipinski definition) is 13. The van der Waals surface area contributed by atoms with Crippen molar-refractivity contribution < 1.29 is 73.2 Å². The molecular formula is C37H55N11O15. The van der Waals surface area contributed by atoms with Crippen LogP contribution >= 0.6 is 0 Å². The molecule has 0 fully saturated rings. The minimum atomic E-state index is -1.87. The van der Waals surface area contributed by atoms with Crippen molar-refractivity contribution in [2.75, 3.05) is 26.2 Å². The van der Waals surface area contributed by atoms with Crippen LogP contribution in [0.2, 0.25) is 0 Å². The number of aliphatic carboxylic acids is 3. The first-order valence-electron chi connectivity index (χ1n) is 19.3. The molecular weight excluding hydrogens is 838 g/mol. The number of phenols is 1. The van der Waals surface area contributed by atoms with Crippen LogP contribution < -0.4 is 54.0 Å². The molecule has 0 aliphatic carbocycles. The third kappa shape index (κ3) is 22.6. The maximum Gasteiger partial charge on any atom is 0.326 e. The average molecular weight is 894 g/mol. The summed E-state index contributed by atoms with van der Waals surface area (Å²) in [6, 6.07) is -1.77. The second-order valence-corrected chi connectivity index (χ2v) is 14.2. The van der Waals surface area contributed by atoms with Crippen LogP contribution in [0.1, 0.15) is 58.4 Å². The van der Waals surface area contributed by atoms with E-state index in [1.165, 1.54) is 32.9 Å². The minimum Gasteiger partial charge on any atom is -0.508 e. The molecule has 0 saturated carbocycles. The summed E-state index contributed by atoms with van der Waals surface area (Å²) in [7, 11) is 0. The molecule has 0 aromatic heterocycles. The number of nitrogens with zero attached hydrogens (tertiary/aromatic N) is 1. The molecule has 8 amide bonds. The molecule has 1 aromatic rings. The van der Waals surface area contributed by atoms with Gasteiger partial charge in [-0.05, 0) is 42.9 Å². The predicted octanol–water partition coefficient (Wildman–Crippen LogP) is -5.14. The fraction of sp³-hybridized carbons (Fsp3) is 0.514. The van der Waals surface area contributed by atoms with E-state index in [1.807, 2.05) is 0 Å². The number of carbonyl (C=O) groups is 11. The highest BCUT2D eigenvalue weighted by atomic mass is 16.4. The van der Waals surface area contributed by atoms with Gasteiger partial charge in [0.2, 0.25) is 47.3 Å². The molecule has 16 N–H and O–H groups in total. The van der Waals surface area contributed by atoms with Crippen molar-refractivity contribution in [2.24, 2.45) is 22.4 Å². The maximum atomic E-state index is 13.5. The lowest BCUT2D eigenvalue weighted by Gasteiger charge is -2.26. The van der Waals surface area contributed by atoms with Crippen LogP contribution in [-0.2, 0) is 59.2 Å².